The van der Waals surface area contributed by atoms with Crippen LogP contribution in [0, 0.1) is 11.3 Å². The van der Waals surface area contributed by atoms with E-state index in [9.17, 15) is 0 Å². The van der Waals surface area contributed by atoms with Crippen LogP contribution in [0.25, 0.3) is 11.6 Å². The molecule has 0 aliphatic heterocycles. The van der Waals surface area contributed by atoms with Crippen LogP contribution in [0.2, 0.25) is 0 Å². The molecule has 0 radical (unpaired) electrons. The molecule has 0 amide bonds. The van der Waals surface area contributed by atoms with E-state index < -0.39 is 0 Å². The summed E-state index contributed by atoms with van der Waals surface area (Å²) >= 11 is 0. The number of H-pyrrole nitrogens is 1. The molecule has 94 valence electrons. The Bertz CT molecular complexity index is 552. The van der Waals surface area contributed by atoms with Crippen LogP contribution in [0.5, 0.6) is 0 Å². The number of hydrogen-bond acceptors (Lipinski definition) is 5. The van der Waals surface area contributed by atoms with Crippen molar-refractivity contribution in [2.45, 2.75) is 25.9 Å². The highest BCUT2D eigenvalue weighted by atomic mass is 16.5. The molecule has 0 fully saturated rings. The van der Waals surface area contributed by atoms with Gasteiger partial charge in [-0.2, -0.15) is 10.2 Å². The Morgan fingerprint density at radius 3 is 3.06 bits per heavy atom. The monoisotopic (exact) mass is 246 g/mol. The van der Waals surface area contributed by atoms with Gasteiger partial charge in [0.1, 0.15) is 17.9 Å². The number of nitrogens with zero attached hydrogens (tertiary/aromatic N) is 3. The second kappa shape index (κ2) is 5.47. The summed E-state index contributed by atoms with van der Waals surface area (Å²) in [6.07, 6.45) is 3.25. The van der Waals surface area contributed by atoms with E-state index >= 15 is 0 Å². The van der Waals surface area contributed by atoms with Gasteiger partial charge in [-0.25, -0.2) is 0 Å². The number of nitriles is 1. The minimum atomic E-state index is -0.155. The third kappa shape index (κ3) is 2.41. The highest BCUT2D eigenvalue weighted by Gasteiger charge is 2.18. The lowest BCUT2D eigenvalue weighted by Crippen LogP contribution is -2.03. The summed E-state index contributed by atoms with van der Waals surface area (Å²) < 4.78 is 10.5. The number of rotatable bonds is 5. The van der Waals surface area contributed by atoms with Gasteiger partial charge in [0.2, 0.25) is 5.82 Å². The van der Waals surface area contributed by atoms with Crippen molar-refractivity contribution in [1.29, 1.82) is 5.26 Å². The van der Waals surface area contributed by atoms with Crippen LogP contribution in [-0.2, 0) is 4.74 Å². The molecule has 1 unspecified atom stereocenters. The minimum absolute atomic E-state index is 0.155. The van der Waals surface area contributed by atoms with Gasteiger partial charge in [-0.05, 0) is 12.5 Å². The first-order chi connectivity index (χ1) is 8.78. The molecular weight excluding hydrogens is 232 g/mol. The first kappa shape index (κ1) is 12.3. The number of ether oxygens (including phenoxy) is 1. The molecule has 18 heavy (non-hydrogen) atoms. The first-order valence-corrected chi connectivity index (χ1v) is 5.73. The first-order valence-electron chi connectivity index (χ1n) is 5.73. The maximum atomic E-state index is 8.74. The van der Waals surface area contributed by atoms with Crippen molar-refractivity contribution in [2.75, 3.05) is 7.11 Å². The van der Waals surface area contributed by atoms with Crippen molar-refractivity contribution >= 4 is 0 Å². The van der Waals surface area contributed by atoms with Crippen molar-refractivity contribution in [3.63, 3.8) is 0 Å². The third-order valence-electron chi connectivity index (χ3n) is 2.61. The molecule has 6 nitrogen and oxygen atoms in total. The van der Waals surface area contributed by atoms with Crippen LogP contribution in [0.4, 0.5) is 0 Å². The standard InChI is InChI=1S/C12H14N4O2/c1-3-4-10(17-2)11-15-12(18-16-11)9-5-8(6-13)7-14-9/h5,7,10,14H,3-4H2,1-2H3. The highest BCUT2D eigenvalue weighted by molar-refractivity contribution is 5.51. The highest BCUT2D eigenvalue weighted by Crippen LogP contribution is 2.23. The quantitative estimate of drug-likeness (QED) is 0.875. The summed E-state index contributed by atoms with van der Waals surface area (Å²) in [5.74, 6) is 0.895. The lowest BCUT2D eigenvalue weighted by molar-refractivity contribution is 0.0854. The molecule has 0 saturated carbocycles. The van der Waals surface area contributed by atoms with Gasteiger partial charge < -0.3 is 14.2 Å². The van der Waals surface area contributed by atoms with Gasteiger partial charge in [-0.1, -0.05) is 18.5 Å². The van der Waals surface area contributed by atoms with Gasteiger partial charge in [0.05, 0.1) is 5.56 Å². The molecule has 0 aliphatic rings. The maximum absolute atomic E-state index is 8.74. The van der Waals surface area contributed by atoms with Gasteiger partial charge in [-0.15, -0.1) is 0 Å². The van der Waals surface area contributed by atoms with Gasteiger partial charge >= 0.3 is 0 Å². The van der Waals surface area contributed by atoms with Crippen LogP contribution in [0.15, 0.2) is 16.8 Å². The number of aromatic nitrogens is 3. The normalized spacial score (nSPS) is 12.3. The zero-order valence-corrected chi connectivity index (χ0v) is 10.3. The predicted molar refractivity (Wildman–Crippen MR) is 63.5 cm³/mol. The van der Waals surface area contributed by atoms with Crippen molar-refractivity contribution in [3.05, 3.63) is 23.7 Å². The Balaban J connectivity index is 2.22. The Hall–Kier alpha value is -2.13. The van der Waals surface area contributed by atoms with E-state index in [2.05, 4.69) is 22.0 Å². The number of nitrogens with one attached hydrogen (secondary N) is 1. The summed E-state index contributed by atoms with van der Waals surface area (Å²) in [4.78, 5) is 7.19. The molecule has 0 aliphatic carbocycles. The van der Waals surface area contributed by atoms with Crippen molar-refractivity contribution in [3.8, 4) is 17.7 Å². The van der Waals surface area contributed by atoms with Crippen molar-refractivity contribution in [2.24, 2.45) is 0 Å². The molecule has 0 aromatic carbocycles. The Kier molecular flexibility index (Phi) is 3.75. The van der Waals surface area contributed by atoms with Crippen LogP contribution in [-0.4, -0.2) is 22.2 Å². The van der Waals surface area contributed by atoms with Crippen molar-refractivity contribution < 1.29 is 9.26 Å². The fraction of sp³-hybridized carbons (Fsp3) is 0.417. The van der Waals surface area contributed by atoms with Crippen LogP contribution < -0.4 is 0 Å². The summed E-state index contributed by atoms with van der Waals surface area (Å²) in [5, 5.41) is 12.6. The molecule has 0 spiro atoms. The molecule has 1 atom stereocenters. The van der Waals surface area contributed by atoms with Crippen LogP contribution >= 0.6 is 0 Å². The number of aromatic amines is 1. The Labute approximate surface area is 105 Å². The topological polar surface area (TPSA) is 87.7 Å². The van der Waals surface area contributed by atoms with E-state index in [4.69, 9.17) is 14.5 Å². The number of methoxy groups -OCH3 is 1. The van der Waals surface area contributed by atoms with Crippen LogP contribution in [0.3, 0.4) is 0 Å². The van der Waals surface area contributed by atoms with Gasteiger partial charge in [0.25, 0.3) is 5.89 Å². The maximum Gasteiger partial charge on any atom is 0.274 e. The van der Waals surface area contributed by atoms with E-state index in [1.165, 1.54) is 0 Å². The second-order valence-electron chi connectivity index (χ2n) is 3.88. The average Bonchev–Trinajstić information content (AvgIpc) is 3.03. The zero-order chi connectivity index (χ0) is 13.0. The van der Waals surface area contributed by atoms with Gasteiger partial charge in [0.15, 0.2) is 0 Å². The molecule has 2 heterocycles. The minimum Gasteiger partial charge on any atom is -0.373 e. The summed E-state index contributed by atoms with van der Waals surface area (Å²) in [6.45, 7) is 2.07. The van der Waals surface area contributed by atoms with E-state index in [0.717, 1.165) is 12.8 Å². The summed E-state index contributed by atoms with van der Waals surface area (Å²) in [6, 6.07) is 3.70. The second-order valence-corrected chi connectivity index (χ2v) is 3.88. The largest absolute Gasteiger partial charge is 0.373 e. The van der Waals surface area contributed by atoms with Gasteiger partial charge in [0, 0.05) is 13.3 Å². The fourth-order valence-corrected chi connectivity index (χ4v) is 1.67. The van der Waals surface area contributed by atoms with E-state index in [1.54, 1.807) is 19.4 Å². The van der Waals surface area contributed by atoms with E-state index in [1.807, 2.05) is 6.07 Å². The van der Waals surface area contributed by atoms with E-state index in [-0.39, 0.29) is 6.10 Å². The smallest absolute Gasteiger partial charge is 0.274 e. The average molecular weight is 246 g/mol. The Morgan fingerprint density at radius 1 is 1.61 bits per heavy atom. The predicted octanol–water partition coefficient (Wildman–Crippen LogP) is 2.42. The molecular formula is C12H14N4O2. The molecule has 2 aromatic heterocycles. The molecule has 1 N–H and O–H groups in total. The molecule has 0 saturated heterocycles. The summed E-state index contributed by atoms with van der Waals surface area (Å²) in [5.41, 5.74) is 1.17. The summed E-state index contributed by atoms with van der Waals surface area (Å²) in [7, 11) is 1.62. The fourth-order valence-electron chi connectivity index (χ4n) is 1.67. The van der Waals surface area contributed by atoms with Crippen molar-refractivity contribution in [1.82, 2.24) is 15.1 Å². The third-order valence-corrected chi connectivity index (χ3v) is 2.61. The molecule has 6 heteroatoms. The SMILES string of the molecule is CCCC(OC)c1noc(-c2cc(C#N)c[nH]2)n1. The molecule has 2 rings (SSSR count). The van der Waals surface area contributed by atoms with Crippen LogP contribution in [0.1, 0.15) is 37.3 Å². The number of hydrogen-bond donors (Lipinski definition) is 1. The zero-order valence-electron chi connectivity index (χ0n) is 10.3. The van der Waals surface area contributed by atoms with E-state index in [0.29, 0.717) is 23.0 Å². The lowest BCUT2D eigenvalue weighted by Gasteiger charge is -2.08. The lowest BCUT2D eigenvalue weighted by atomic mass is 10.2. The Morgan fingerprint density at radius 2 is 2.44 bits per heavy atom. The van der Waals surface area contributed by atoms with Gasteiger partial charge in [-0.3, -0.25) is 0 Å². The molecule has 0 bridgehead atoms. The molecule has 2 aromatic rings.